The number of benzene rings is 2. The van der Waals surface area contributed by atoms with E-state index in [0.29, 0.717) is 5.75 Å². The predicted molar refractivity (Wildman–Crippen MR) is 83.3 cm³/mol. The van der Waals surface area contributed by atoms with Crippen LogP contribution in [0, 0.1) is 6.92 Å². The Morgan fingerprint density at radius 2 is 1.90 bits per heavy atom. The highest BCUT2D eigenvalue weighted by atomic mass is 16.3. The van der Waals surface area contributed by atoms with Gasteiger partial charge in [-0.25, -0.2) is 0 Å². The summed E-state index contributed by atoms with van der Waals surface area (Å²) in [5.41, 5.74) is 4.72. The number of rotatable bonds is 2. The molecule has 2 nitrogen and oxygen atoms in total. The van der Waals surface area contributed by atoms with Crippen molar-refractivity contribution >= 4 is 5.69 Å². The second kappa shape index (κ2) is 5.58. The maximum Gasteiger partial charge on any atom is 0.123 e. The van der Waals surface area contributed by atoms with Gasteiger partial charge in [0.1, 0.15) is 5.75 Å². The maximum absolute atomic E-state index is 10.2. The van der Waals surface area contributed by atoms with E-state index in [9.17, 15) is 5.11 Å². The molecular formula is C18H21NO. The number of phenolic OH excluding ortho intramolecular Hbond substituents is 1. The molecule has 0 aliphatic carbocycles. The topological polar surface area (TPSA) is 23.5 Å². The molecule has 0 unspecified atom stereocenters. The van der Waals surface area contributed by atoms with Gasteiger partial charge in [0.25, 0.3) is 0 Å². The zero-order chi connectivity index (χ0) is 13.9. The molecule has 0 spiro atoms. The van der Waals surface area contributed by atoms with Crippen LogP contribution in [0.15, 0.2) is 42.5 Å². The molecule has 0 radical (unpaired) electrons. The second-order valence-corrected chi connectivity index (χ2v) is 5.59. The fraction of sp³-hybridized carbons (Fsp3) is 0.333. The summed E-state index contributed by atoms with van der Waals surface area (Å²) in [7, 11) is 0. The minimum absolute atomic E-state index is 0.439. The van der Waals surface area contributed by atoms with Crippen molar-refractivity contribution in [1.29, 1.82) is 0 Å². The van der Waals surface area contributed by atoms with E-state index >= 15 is 0 Å². The Labute approximate surface area is 120 Å². The third-order valence-corrected chi connectivity index (χ3v) is 4.14. The molecule has 1 aliphatic rings. The van der Waals surface area contributed by atoms with Gasteiger partial charge in [0.05, 0.1) is 0 Å². The summed E-state index contributed by atoms with van der Waals surface area (Å²) in [6, 6.07) is 14.6. The molecule has 2 aromatic rings. The lowest BCUT2D eigenvalue weighted by Gasteiger charge is -2.25. The maximum atomic E-state index is 10.2. The highest BCUT2D eigenvalue weighted by Crippen LogP contribution is 2.30. The van der Waals surface area contributed by atoms with Crippen LogP contribution in [0.2, 0.25) is 0 Å². The Balaban J connectivity index is 1.92. The van der Waals surface area contributed by atoms with Gasteiger partial charge in [0.2, 0.25) is 0 Å². The lowest BCUT2D eigenvalue weighted by molar-refractivity contribution is 0.463. The lowest BCUT2D eigenvalue weighted by Crippen LogP contribution is -2.23. The average molecular weight is 267 g/mol. The van der Waals surface area contributed by atoms with E-state index in [0.717, 1.165) is 30.6 Å². The van der Waals surface area contributed by atoms with Crippen molar-refractivity contribution in [2.45, 2.75) is 32.7 Å². The van der Waals surface area contributed by atoms with E-state index in [1.165, 1.54) is 24.1 Å². The van der Waals surface area contributed by atoms with Crippen molar-refractivity contribution in [3.8, 4) is 5.75 Å². The molecule has 1 heterocycles. The summed E-state index contributed by atoms with van der Waals surface area (Å²) >= 11 is 0. The van der Waals surface area contributed by atoms with Crippen LogP contribution in [-0.2, 0) is 13.0 Å². The Kier molecular flexibility index (Phi) is 3.64. The first-order valence-corrected chi connectivity index (χ1v) is 7.36. The van der Waals surface area contributed by atoms with Gasteiger partial charge in [-0.15, -0.1) is 0 Å². The largest absolute Gasteiger partial charge is 0.507 e. The minimum atomic E-state index is 0.439. The molecular weight excluding hydrogens is 246 g/mol. The molecule has 0 fully saturated rings. The van der Waals surface area contributed by atoms with Crippen LogP contribution in [-0.4, -0.2) is 11.7 Å². The number of phenols is 1. The molecule has 0 saturated heterocycles. The van der Waals surface area contributed by atoms with Crippen LogP contribution >= 0.6 is 0 Å². The van der Waals surface area contributed by atoms with Crippen molar-refractivity contribution in [3.63, 3.8) is 0 Å². The summed E-state index contributed by atoms with van der Waals surface area (Å²) in [4.78, 5) is 2.40. The normalized spacial score (nSPS) is 14.8. The summed E-state index contributed by atoms with van der Waals surface area (Å²) in [5.74, 6) is 0.439. The first-order valence-electron chi connectivity index (χ1n) is 7.36. The third kappa shape index (κ3) is 2.51. The molecule has 1 aliphatic heterocycles. The van der Waals surface area contributed by atoms with Crippen LogP contribution in [0.25, 0.3) is 0 Å². The van der Waals surface area contributed by atoms with Gasteiger partial charge in [-0.1, -0.05) is 36.4 Å². The number of hydrogen-bond donors (Lipinski definition) is 1. The molecule has 1 N–H and O–H groups in total. The van der Waals surface area contributed by atoms with Crippen molar-refractivity contribution in [1.82, 2.24) is 0 Å². The number of anilines is 1. The Bertz CT molecular complexity index is 606. The number of hydrogen-bond acceptors (Lipinski definition) is 2. The smallest absolute Gasteiger partial charge is 0.123 e. The number of nitrogens with zero attached hydrogens (tertiary/aromatic N) is 1. The second-order valence-electron chi connectivity index (χ2n) is 5.59. The SMILES string of the molecule is Cc1cccc(CN2CCCCc3ccccc32)c1O. The summed E-state index contributed by atoms with van der Waals surface area (Å²) < 4.78 is 0. The van der Waals surface area contributed by atoms with Crippen LogP contribution in [0.3, 0.4) is 0 Å². The van der Waals surface area contributed by atoms with E-state index in [1.54, 1.807) is 0 Å². The molecule has 0 saturated carbocycles. The lowest BCUT2D eigenvalue weighted by atomic mass is 10.1. The Morgan fingerprint density at radius 3 is 2.80 bits per heavy atom. The first-order chi connectivity index (χ1) is 9.75. The fourth-order valence-electron chi connectivity index (χ4n) is 2.99. The van der Waals surface area contributed by atoms with Crippen molar-refractivity contribution in [2.24, 2.45) is 0 Å². The Hall–Kier alpha value is -1.96. The molecule has 2 aromatic carbocycles. The predicted octanol–water partition coefficient (Wildman–Crippen LogP) is 4.04. The third-order valence-electron chi connectivity index (χ3n) is 4.14. The van der Waals surface area contributed by atoms with Crippen LogP contribution in [0.1, 0.15) is 29.5 Å². The summed E-state index contributed by atoms with van der Waals surface area (Å²) in [6.07, 6.45) is 3.61. The van der Waals surface area contributed by atoms with Crippen molar-refractivity contribution in [2.75, 3.05) is 11.4 Å². The van der Waals surface area contributed by atoms with Crippen LogP contribution in [0.5, 0.6) is 5.75 Å². The van der Waals surface area contributed by atoms with E-state index < -0.39 is 0 Å². The molecule has 0 atom stereocenters. The van der Waals surface area contributed by atoms with Crippen molar-refractivity contribution < 1.29 is 5.11 Å². The van der Waals surface area contributed by atoms with Crippen LogP contribution in [0.4, 0.5) is 5.69 Å². The number of aryl methyl sites for hydroxylation is 2. The standard InChI is InChI=1S/C18H21NO/c1-14-7-6-10-16(18(14)20)13-19-12-5-4-9-15-8-2-3-11-17(15)19/h2-3,6-8,10-11,20H,4-5,9,12-13H2,1H3. The van der Waals surface area contributed by atoms with Crippen LogP contribution < -0.4 is 4.90 Å². The quantitative estimate of drug-likeness (QED) is 0.887. The van der Waals surface area contributed by atoms with Gasteiger partial charge >= 0.3 is 0 Å². The average Bonchev–Trinajstić information content (AvgIpc) is 2.67. The monoisotopic (exact) mass is 267 g/mol. The van der Waals surface area contributed by atoms with E-state index in [-0.39, 0.29) is 0 Å². The van der Waals surface area contributed by atoms with Gasteiger partial charge in [-0.3, -0.25) is 0 Å². The fourth-order valence-corrected chi connectivity index (χ4v) is 2.99. The number of aromatic hydroxyl groups is 1. The van der Waals surface area contributed by atoms with E-state index in [4.69, 9.17) is 0 Å². The number of fused-ring (bicyclic) bond motifs is 1. The molecule has 20 heavy (non-hydrogen) atoms. The first kappa shape index (κ1) is 13.0. The Morgan fingerprint density at radius 1 is 1.05 bits per heavy atom. The zero-order valence-corrected chi connectivity index (χ0v) is 12.0. The van der Waals surface area contributed by atoms with Gasteiger partial charge in [-0.2, -0.15) is 0 Å². The molecule has 2 heteroatoms. The molecule has 0 amide bonds. The number of para-hydroxylation sites is 2. The molecule has 3 rings (SSSR count). The van der Waals surface area contributed by atoms with Crippen molar-refractivity contribution in [3.05, 3.63) is 59.2 Å². The van der Waals surface area contributed by atoms with E-state index in [1.807, 2.05) is 25.1 Å². The minimum Gasteiger partial charge on any atom is -0.507 e. The van der Waals surface area contributed by atoms with Gasteiger partial charge < -0.3 is 10.0 Å². The van der Waals surface area contributed by atoms with Gasteiger partial charge in [-0.05, 0) is 43.4 Å². The summed E-state index contributed by atoms with van der Waals surface area (Å²) in [5, 5.41) is 10.2. The highest BCUT2D eigenvalue weighted by Gasteiger charge is 2.16. The van der Waals surface area contributed by atoms with Gasteiger partial charge in [0.15, 0.2) is 0 Å². The molecule has 0 aromatic heterocycles. The molecule has 0 bridgehead atoms. The zero-order valence-electron chi connectivity index (χ0n) is 12.0. The molecule has 104 valence electrons. The van der Waals surface area contributed by atoms with Gasteiger partial charge in [0, 0.05) is 24.3 Å². The summed E-state index contributed by atoms with van der Waals surface area (Å²) in [6.45, 7) is 3.80. The highest BCUT2D eigenvalue weighted by molar-refractivity contribution is 5.55. The van der Waals surface area contributed by atoms with E-state index in [2.05, 4.69) is 29.2 Å².